The lowest BCUT2D eigenvalue weighted by Crippen LogP contribution is -2.37. The maximum absolute atomic E-state index is 12.6. The van der Waals surface area contributed by atoms with E-state index in [0.717, 1.165) is 12.8 Å². The number of methoxy groups -OCH3 is 2. The van der Waals surface area contributed by atoms with Crippen LogP contribution in [-0.4, -0.2) is 63.5 Å². The number of carbonyl (C=O) groups excluding carboxylic acids is 4. The van der Waals surface area contributed by atoms with Crippen LogP contribution in [0.25, 0.3) is 0 Å². The molecule has 2 fully saturated rings. The number of unbranched alkanes of at least 4 members (excludes halogenated alkanes) is 4. The summed E-state index contributed by atoms with van der Waals surface area (Å²) in [7, 11) is 2.71. The van der Waals surface area contributed by atoms with Crippen LogP contribution in [0.3, 0.4) is 0 Å². The molecular weight excluding hydrogens is 408 g/mol. The molecule has 1 saturated carbocycles. The minimum atomic E-state index is -0.550. The molecule has 0 aromatic heterocycles. The Morgan fingerprint density at radius 2 is 1.10 bits per heavy atom. The fourth-order valence-corrected chi connectivity index (χ4v) is 3.80. The van der Waals surface area contributed by atoms with E-state index < -0.39 is 11.8 Å². The number of fused-ring (bicyclic) bond motifs is 1. The predicted octanol–water partition coefficient (Wildman–Crippen LogP) is 2.33. The van der Waals surface area contributed by atoms with Crippen LogP contribution in [-0.2, 0) is 42.9 Å². The Kier molecular flexibility index (Phi) is 10.8. The van der Waals surface area contributed by atoms with Crippen molar-refractivity contribution in [1.29, 1.82) is 0 Å². The summed E-state index contributed by atoms with van der Waals surface area (Å²) in [6.45, 7) is 0.515. The summed E-state index contributed by atoms with van der Waals surface area (Å²) in [5.74, 6) is -2.37. The van der Waals surface area contributed by atoms with Crippen molar-refractivity contribution in [1.82, 2.24) is 0 Å². The predicted molar refractivity (Wildman–Crippen MR) is 108 cm³/mol. The van der Waals surface area contributed by atoms with Gasteiger partial charge in [0, 0.05) is 12.8 Å². The third kappa shape index (κ3) is 8.85. The fraction of sp³-hybridized carbons (Fsp3) is 0.818. The molecule has 0 spiro atoms. The second-order valence-electron chi connectivity index (χ2n) is 8.01. The van der Waals surface area contributed by atoms with Crippen LogP contribution < -0.4 is 0 Å². The summed E-state index contributed by atoms with van der Waals surface area (Å²) < 4.78 is 25.5. The normalized spacial score (nSPS) is 23.9. The molecular formula is C22H34O9. The van der Waals surface area contributed by atoms with E-state index in [1.54, 1.807) is 0 Å². The molecule has 1 heterocycles. The van der Waals surface area contributed by atoms with Crippen molar-refractivity contribution in [2.24, 2.45) is 11.8 Å². The topological polar surface area (TPSA) is 118 Å². The molecule has 31 heavy (non-hydrogen) atoms. The molecule has 2 aliphatic rings. The van der Waals surface area contributed by atoms with Crippen LogP contribution in [0.1, 0.15) is 64.2 Å². The molecule has 4 atom stereocenters. The molecule has 0 aromatic carbocycles. The molecule has 0 aromatic rings. The summed E-state index contributed by atoms with van der Waals surface area (Å²) in [6.07, 6.45) is 5.88. The minimum absolute atomic E-state index is 0.0278. The highest BCUT2D eigenvalue weighted by Gasteiger charge is 2.53. The van der Waals surface area contributed by atoms with E-state index in [-0.39, 0.29) is 49.3 Å². The van der Waals surface area contributed by atoms with Crippen LogP contribution in [0.2, 0.25) is 0 Å². The highest BCUT2D eigenvalue weighted by Crippen LogP contribution is 2.43. The lowest BCUT2D eigenvalue weighted by molar-refractivity contribution is -0.162. The molecule has 9 heteroatoms. The van der Waals surface area contributed by atoms with Crippen LogP contribution in [0.5, 0.6) is 0 Å². The van der Waals surface area contributed by atoms with E-state index in [1.165, 1.54) is 14.2 Å². The number of carbonyl (C=O) groups is 4. The van der Waals surface area contributed by atoms with E-state index in [0.29, 0.717) is 51.4 Å². The van der Waals surface area contributed by atoms with Gasteiger partial charge in [-0.1, -0.05) is 0 Å². The third-order valence-corrected chi connectivity index (χ3v) is 5.75. The maximum atomic E-state index is 12.6. The molecule has 9 nitrogen and oxygen atoms in total. The molecule has 4 unspecified atom stereocenters. The zero-order valence-corrected chi connectivity index (χ0v) is 18.5. The summed E-state index contributed by atoms with van der Waals surface area (Å²) >= 11 is 0. The number of rotatable bonds is 14. The number of esters is 4. The summed E-state index contributed by atoms with van der Waals surface area (Å²) in [5, 5.41) is 0. The van der Waals surface area contributed by atoms with Gasteiger partial charge in [0.15, 0.2) is 0 Å². The monoisotopic (exact) mass is 442 g/mol. The summed E-state index contributed by atoms with van der Waals surface area (Å²) in [6, 6.07) is 0. The van der Waals surface area contributed by atoms with Crippen LogP contribution in [0, 0.1) is 11.8 Å². The van der Waals surface area contributed by atoms with Crippen molar-refractivity contribution in [3.8, 4) is 0 Å². The molecule has 1 saturated heterocycles. The largest absolute Gasteiger partial charge is 0.469 e. The first-order valence-electron chi connectivity index (χ1n) is 11.1. The second kappa shape index (κ2) is 13.3. The summed E-state index contributed by atoms with van der Waals surface area (Å²) in [5.41, 5.74) is 0. The van der Waals surface area contributed by atoms with Gasteiger partial charge < -0.3 is 23.7 Å². The van der Waals surface area contributed by atoms with Gasteiger partial charge in [0.2, 0.25) is 0 Å². The van der Waals surface area contributed by atoms with Gasteiger partial charge in [0.1, 0.15) is 0 Å². The van der Waals surface area contributed by atoms with Crippen molar-refractivity contribution in [2.45, 2.75) is 76.4 Å². The van der Waals surface area contributed by atoms with Gasteiger partial charge in [0.05, 0.1) is 51.5 Å². The van der Waals surface area contributed by atoms with Crippen molar-refractivity contribution in [3.05, 3.63) is 0 Å². The van der Waals surface area contributed by atoms with E-state index in [4.69, 9.17) is 14.2 Å². The van der Waals surface area contributed by atoms with E-state index >= 15 is 0 Å². The van der Waals surface area contributed by atoms with Crippen molar-refractivity contribution in [3.63, 3.8) is 0 Å². The zero-order chi connectivity index (χ0) is 22.6. The average molecular weight is 443 g/mol. The van der Waals surface area contributed by atoms with Gasteiger partial charge in [-0.15, -0.1) is 0 Å². The van der Waals surface area contributed by atoms with Gasteiger partial charge in [0.25, 0.3) is 0 Å². The number of hydrogen-bond acceptors (Lipinski definition) is 9. The quantitative estimate of drug-likeness (QED) is 0.173. The first-order chi connectivity index (χ1) is 15.0. The Bertz CT molecular complexity index is 566. The SMILES string of the molecule is COC(=O)CCCCCOC(=O)C1CC2OC2CC1C(=O)OCCCCCC(=O)OC. The number of epoxide rings is 1. The number of hydrogen-bond donors (Lipinski definition) is 0. The minimum Gasteiger partial charge on any atom is -0.469 e. The van der Waals surface area contributed by atoms with E-state index in [9.17, 15) is 19.2 Å². The van der Waals surface area contributed by atoms with Crippen molar-refractivity contribution in [2.75, 3.05) is 27.4 Å². The molecule has 0 radical (unpaired) electrons. The van der Waals surface area contributed by atoms with Gasteiger partial charge in [-0.2, -0.15) is 0 Å². The van der Waals surface area contributed by atoms with Crippen molar-refractivity contribution >= 4 is 23.9 Å². The van der Waals surface area contributed by atoms with E-state index in [2.05, 4.69) is 9.47 Å². The molecule has 1 aliphatic heterocycles. The van der Waals surface area contributed by atoms with Gasteiger partial charge in [-0.3, -0.25) is 19.2 Å². The lowest BCUT2D eigenvalue weighted by atomic mass is 9.79. The third-order valence-electron chi connectivity index (χ3n) is 5.75. The zero-order valence-electron chi connectivity index (χ0n) is 18.5. The van der Waals surface area contributed by atoms with Crippen molar-refractivity contribution < 1.29 is 42.9 Å². The fourth-order valence-electron chi connectivity index (χ4n) is 3.80. The smallest absolute Gasteiger partial charge is 0.309 e. The molecule has 2 rings (SSSR count). The average Bonchev–Trinajstić information content (AvgIpc) is 3.55. The standard InChI is InChI=1S/C22H34O9/c1-27-19(23)9-5-3-7-11-29-21(25)15-13-17-18(31-17)14-16(15)22(26)30-12-8-4-6-10-20(24)28-2/h15-18H,3-14H2,1-2H3. The maximum Gasteiger partial charge on any atom is 0.309 e. The molecule has 0 amide bonds. The Balaban J connectivity index is 1.67. The van der Waals surface area contributed by atoms with Gasteiger partial charge in [-0.05, 0) is 51.4 Å². The molecule has 176 valence electrons. The molecule has 0 bridgehead atoms. The highest BCUT2D eigenvalue weighted by atomic mass is 16.6. The van der Waals surface area contributed by atoms with Crippen LogP contribution >= 0.6 is 0 Å². The van der Waals surface area contributed by atoms with Gasteiger partial charge >= 0.3 is 23.9 Å². The first kappa shape index (κ1) is 25.1. The highest BCUT2D eigenvalue weighted by molar-refractivity contribution is 5.82. The first-order valence-corrected chi connectivity index (χ1v) is 11.1. The Labute approximate surface area is 183 Å². The summed E-state index contributed by atoms with van der Waals surface area (Å²) in [4.78, 5) is 47.3. The lowest BCUT2D eigenvalue weighted by Gasteiger charge is -2.26. The molecule has 1 aliphatic carbocycles. The Hall–Kier alpha value is -2.16. The Morgan fingerprint density at radius 1 is 0.677 bits per heavy atom. The van der Waals surface area contributed by atoms with Crippen LogP contribution in [0.4, 0.5) is 0 Å². The Morgan fingerprint density at radius 3 is 1.48 bits per heavy atom. The number of ether oxygens (including phenoxy) is 5. The second-order valence-corrected chi connectivity index (χ2v) is 8.01. The van der Waals surface area contributed by atoms with Gasteiger partial charge in [-0.25, -0.2) is 0 Å². The molecule has 0 N–H and O–H groups in total. The van der Waals surface area contributed by atoms with E-state index in [1.807, 2.05) is 0 Å². The van der Waals surface area contributed by atoms with Crippen LogP contribution in [0.15, 0.2) is 0 Å².